The summed E-state index contributed by atoms with van der Waals surface area (Å²) in [5.74, 6) is 0. The first kappa shape index (κ1) is 15.8. The molecular weight excluding hydrogens is 202 g/mol. The van der Waals surface area contributed by atoms with Gasteiger partial charge in [0.25, 0.3) is 0 Å². The number of nitrogens with two attached hydrogens (primary N) is 3. The van der Waals surface area contributed by atoms with Crippen LogP contribution in [0.4, 0.5) is 0 Å². The van der Waals surface area contributed by atoms with Gasteiger partial charge in [-0.2, -0.15) is 0 Å². The fraction of sp³-hybridized carbons (Fsp3) is 0.750. The average molecular weight is 221 g/mol. The molecule has 1 saturated carbocycles. The van der Waals surface area contributed by atoms with E-state index in [9.17, 15) is 8.42 Å². The lowest BCUT2D eigenvalue weighted by molar-refractivity contribution is 0.603. The van der Waals surface area contributed by atoms with Crippen molar-refractivity contribution in [1.82, 2.24) is 0 Å². The van der Waals surface area contributed by atoms with Crippen molar-refractivity contribution < 1.29 is 8.42 Å². The van der Waals surface area contributed by atoms with E-state index in [1.807, 2.05) is 0 Å². The highest BCUT2D eigenvalue weighted by atomic mass is 32.2. The normalized spacial score (nSPS) is 25.3. The van der Waals surface area contributed by atoms with Crippen LogP contribution in [0.2, 0.25) is 0 Å². The third kappa shape index (κ3) is 17.5. The van der Waals surface area contributed by atoms with E-state index in [4.69, 9.17) is 11.5 Å². The molecule has 0 spiro atoms. The summed E-state index contributed by atoms with van der Waals surface area (Å²) in [5.41, 5.74) is 11.1. The first-order valence-corrected chi connectivity index (χ1v) is 6.06. The molecule has 0 aliphatic heterocycles. The van der Waals surface area contributed by atoms with Crippen molar-refractivity contribution in [2.24, 2.45) is 16.6 Å². The molecule has 2 atom stereocenters. The predicted octanol–water partition coefficient (Wildman–Crippen LogP) is -1.02. The number of rotatable bonds is 0. The Balaban J connectivity index is 0. The Kier molecular flexibility index (Phi) is 8.79. The van der Waals surface area contributed by atoms with Crippen LogP contribution in [-0.4, -0.2) is 26.8 Å². The van der Waals surface area contributed by atoms with Gasteiger partial charge in [-0.05, 0) is 19.3 Å². The van der Waals surface area contributed by atoms with Crippen molar-refractivity contribution in [2.75, 3.05) is 6.26 Å². The Morgan fingerprint density at radius 1 is 1.14 bits per heavy atom. The predicted molar refractivity (Wildman–Crippen MR) is 58.7 cm³/mol. The van der Waals surface area contributed by atoms with Crippen molar-refractivity contribution in [2.45, 2.75) is 31.3 Å². The van der Waals surface area contributed by atoms with Crippen molar-refractivity contribution in [3.63, 3.8) is 0 Å². The lowest BCUT2D eigenvalue weighted by atomic mass is 10.2. The first-order chi connectivity index (χ1) is 6.29. The standard InChI is InChI=1S/C5H12N2.C2H2.CH5NO2S/c6-4-1-2-5(7)3-4;1-2;1-5(2,3)4/h4-5H,1-3,6-7H2;1-2H;1H3,(H2,2,3,4)/t4-,5+;;. The van der Waals surface area contributed by atoms with E-state index in [2.05, 4.69) is 18.0 Å². The second kappa shape index (κ2) is 7.76. The zero-order valence-corrected chi connectivity index (χ0v) is 9.20. The van der Waals surface area contributed by atoms with E-state index >= 15 is 0 Å². The van der Waals surface area contributed by atoms with Crippen LogP contribution in [0.3, 0.4) is 0 Å². The molecule has 0 heterocycles. The lowest BCUT2D eigenvalue weighted by Gasteiger charge is -1.97. The van der Waals surface area contributed by atoms with Crippen molar-refractivity contribution >= 4 is 10.0 Å². The molecule has 1 rings (SSSR count). The molecule has 5 nitrogen and oxygen atoms in total. The third-order valence-corrected chi connectivity index (χ3v) is 1.51. The summed E-state index contributed by atoms with van der Waals surface area (Å²) in [6.45, 7) is 0. The second-order valence-electron chi connectivity index (χ2n) is 3.16. The zero-order chi connectivity index (χ0) is 11.8. The van der Waals surface area contributed by atoms with Gasteiger partial charge in [0.2, 0.25) is 10.0 Å². The number of sulfonamides is 1. The molecule has 1 aliphatic carbocycles. The second-order valence-corrected chi connectivity index (χ2v) is 4.82. The van der Waals surface area contributed by atoms with Gasteiger partial charge in [-0.3, -0.25) is 0 Å². The molecule has 0 aromatic heterocycles. The van der Waals surface area contributed by atoms with Gasteiger partial charge < -0.3 is 11.5 Å². The molecule has 0 bridgehead atoms. The highest BCUT2D eigenvalue weighted by molar-refractivity contribution is 7.88. The number of terminal acetylenes is 1. The van der Waals surface area contributed by atoms with Gasteiger partial charge in [-0.15, -0.1) is 12.8 Å². The molecule has 0 aromatic carbocycles. The van der Waals surface area contributed by atoms with Crippen molar-refractivity contribution in [3.8, 4) is 12.8 Å². The maximum Gasteiger partial charge on any atom is 0.206 e. The molecule has 0 aromatic rings. The van der Waals surface area contributed by atoms with Crippen LogP contribution >= 0.6 is 0 Å². The molecule has 6 heteroatoms. The Labute approximate surface area is 86.1 Å². The minimum atomic E-state index is -3.17. The largest absolute Gasteiger partial charge is 0.328 e. The van der Waals surface area contributed by atoms with Crippen LogP contribution in [0.25, 0.3) is 0 Å². The zero-order valence-electron chi connectivity index (χ0n) is 8.39. The van der Waals surface area contributed by atoms with E-state index in [0.717, 1.165) is 25.5 Å². The van der Waals surface area contributed by atoms with Crippen LogP contribution < -0.4 is 16.6 Å². The maximum atomic E-state index is 9.41. The summed E-state index contributed by atoms with van der Waals surface area (Å²) in [4.78, 5) is 0. The van der Waals surface area contributed by atoms with Crippen LogP contribution in [0.1, 0.15) is 19.3 Å². The highest BCUT2D eigenvalue weighted by Crippen LogP contribution is 2.13. The molecule has 0 unspecified atom stereocenters. The summed E-state index contributed by atoms with van der Waals surface area (Å²) >= 11 is 0. The van der Waals surface area contributed by atoms with E-state index in [-0.39, 0.29) is 0 Å². The van der Waals surface area contributed by atoms with E-state index in [1.165, 1.54) is 0 Å². The molecule has 14 heavy (non-hydrogen) atoms. The summed E-state index contributed by atoms with van der Waals surface area (Å²) in [5, 5.41) is 4.33. The minimum Gasteiger partial charge on any atom is -0.328 e. The first-order valence-electron chi connectivity index (χ1n) is 4.11. The summed E-state index contributed by atoms with van der Waals surface area (Å²) in [6, 6.07) is 0.796. The Morgan fingerprint density at radius 2 is 1.36 bits per heavy atom. The fourth-order valence-electron chi connectivity index (χ4n) is 1.05. The van der Waals surface area contributed by atoms with Gasteiger partial charge in [0.1, 0.15) is 0 Å². The fourth-order valence-corrected chi connectivity index (χ4v) is 1.05. The molecule has 0 radical (unpaired) electrons. The molecule has 0 saturated heterocycles. The quantitative estimate of drug-likeness (QED) is 0.454. The molecule has 6 N–H and O–H groups in total. The van der Waals surface area contributed by atoms with E-state index < -0.39 is 10.0 Å². The van der Waals surface area contributed by atoms with Crippen LogP contribution in [0, 0.1) is 12.8 Å². The van der Waals surface area contributed by atoms with Crippen molar-refractivity contribution in [3.05, 3.63) is 0 Å². The molecule has 0 amide bonds. The van der Waals surface area contributed by atoms with Gasteiger partial charge in [0.05, 0.1) is 6.26 Å². The van der Waals surface area contributed by atoms with Gasteiger partial charge in [-0.25, -0.2) is 13.6 Å². The maximum absolute atomic E-state index is 9.41. The third-order valence-electron chi connectivity index (χ3n) is 1.51. The summed E-state index contributed by atoms with van der Waals surface area (Å²) in [7, 11) is -3.17. The van der Waals surface area contributed by atoms with Crippen LogP contribution in [0.15, 0.2) is 0 Å². The molecule has 1 fully saturated rings. The minimum absolute atomic E-state index is 0.398. The van der Waals surface area contributed by atoms with Gasteiger partial charge in [0.15, 0.2) is 0 Å². The van der Waals surface area contributed by atoms with Crippen LogP contribution in [0.5, 0.6) is 0 Å². The Bertz CT molecular complexity index is 233. The number of hydrogen-bond donors (Lipinski definition) is 3. The lowest BCUT2D eigenvalue weighted by Crippen LogP contribution is -2.20. The highest BCUT2D eigenvalue weighted by Gasteiger charge is 2.16. The van der Waals surface area contributed by atoms with Gasteiger partial charge >= 0.3 is 0 Å². The SMILES string of the molecule is C#C.CS(N)(=O)=O.N[C@@H]1CC[C@H](N)C1. The molecule has 84 valence electrons. The van der Waals surface area contributed by atoms with Crippen LogP contribution in [-0.2, 0) is 10.0 Å². The number of primary sulfonamides is 1. The van der Waals surface area contributed by atoms with E-state index in [1.54, 1.807) is 0 Å². The molecule has 1 aliphatic rings. The van der Waals surface area contributed by atoms with Gasteiger partial charge in [-0.1, -0.05) is 0 Å². The molecular formula is C8H19N3O2S. The Morgan fingerprint density at radius 3 is 1.43 bits per heavy atom. The monoisotopic (exact) mass is 221 g/mol. The Hall–Kier alpha value is -0.610. The summed E-state index contributed by atoms with van der Waals surface area (Å²) < 4.78 is 18.8. The number of hydrogen-bond acceptors (Lipinski definition) is 4. The van der Waals surface area contributed by atoms with Gasteiger partial charge in [0, 0.05) is 12.1 Å². The van der Waals surface area contributed by atoms with E-state index in [0.29, 0.717) is 12.1 Å². The topological polar surface area (TPSA) is 112 Å². The summed E-state index contributed by atoms with van der Waals surface area (Å²) in [6.07, 6.45) is 12.2. The smallest absolute Gasteiger partial charge is 0.206 e. The van der Waals surface area contributed by atoms with Crippen molar-refractivity contribution in [1.29, 1.82) is 0 Å². The average Bonchev–Trinajstić information content (AvgIpc) is 2.35.